The van der Waals surface area contributed by atoms with E-state index in [-0.39, 0.29) is 6.04 Å². The van der Waals surface area contributed by atoms with Gasteiger partial charge in [-0.05, 0) is 38.7 Å². The van der Waals surface area contributed by atoms with E-state index in [0.717, 1.165) is 23.6 Å². The molecule has 0 aliphatic heterocycles. The van der Waals surface area contributed by atoms with Crippen LogP contribution in [0.1, 0.15) is 18.0 Å². The molecule has 0 fully saturated rings. The largest absolute Gasteiger partial charge is 0.324 e. The van der Waals surface area contributed by atoms with Crippen LogP contribution < -0.4 is 5.73 Å². The molecule has 0 heterocycles. The first kappa shape index (κ1) is 11.5. The number of nitrogens with two attached hydrogens (primary N) is 1. The lowest BCUT2D eigenvalue weighted by atomic mass is 10.0. The third kappa shape index (κ3) is 3.29. The van der Waals surface area contributed by atoms with E-state index in [0.29, 0.717) is 0 Å². The van der Waals surface area contributed by atoms with Gasteiger partial charge in [-0.15, -0.1) is 0 Å². The second-order valence-electron chi connectivity index (χ2n) is 3.72. The molecule has 2 nitrogen and oxygen atoms in total. The highest BCUT2D eigenvalue weighted by Gasteiger charge is 2.09. The number of halogens is 1. The quantitative estimate of drug-likeness (QED) is 0.830. The van der Waals surface area contributed by atoms with Crippen molar-refractivity contribution in [1.82, 2.24) is 4.90 Å². The van der Waals surface area contributed by atoms with E-state index < -0.39 is 0 Å². The summed E-state index contributed by atoms with van der Waals surface area (Å²) in [5.41, 5.74) is 7.07. The lowest BCUT2D eigenvalue weighted by Crippen LogP contribution is -2.20. The van der Waals surface area contributed by atoms with Gasteiger partial charge in [-0.1, -0.05) is 29.8 Å². The van der Waals surface area contributed by atoms with Crippen molar-refractivity contribution in [3.05, 3.63) is 34.9 Å². The fourth-order valence-corrected chi connectivity index (χ4v) is 1.60. The standard InChI is InChI=1S/C11H17ClN2/c1-14(2)8-7-11(13)9-5-3-4-6-10(9)12/h3-6,11H,7-8,13H2,1-2H3. The lowest BCUT2D eigenvalue weighted by molar-refractivity contribution is 0.382. The van der Waals surface area contributed by atoms with Crippen LogP contribution in [0.3, 0.4) is 0 Å². The molecule has 0 saturated carbocycles. The van der Waals surface area contributed by atoms with Gasteiger partial charge in [-0.25, -0.2) is 0 Å². The van der Waals surface area contributed by atoms with Crippen molar-refractivity contribution in [2.24, 2.45) is 5.73 Å². The zero-order chi connectivity index (χ0) is 10.6. The Morgan fingerprint density at radius 2 is 2.00 bits per heavy atom. The number of nitrogens with zero attached hydrogens (tertiary/aromatic N) is 1. The fraction of sp³-hybridized carbons (Fsp3) is 0.455. The summed E-state index contributed by atoms with van der Waals surface area (Å²) in [4.78, 5) is 2.12. The van der Waals surface area contributed by atoms with Gasteiger partial charge in [0.05, 0.1) is 0 Å². The molecule has 0 bridgehead atoms. The van der Waals surface area contributed by atoms with Crippen molar-refractivity contribution in [3.63, 3.8) is 0 Å². The van der Waals surface area contributed by atoms with Gasteiger partial charge in [0.1, 0.15) is 0 Å². The average Bonchev–Trinajstić information content (AvgIpc) is 2.15. The first-order valence-electron chi connectivity index (χ1n) is 4.76. The molecule has 14 heavy (non-hydrogen) atoms. The normalized spacial score (nSPS) is 13.2. The van der Waals surface area contributed by atoms with Crippen LogP contribution in [0, 0.1) is 0 Å². The van der Waals surface area contributed by atoms with Crippen molar-refractivity contribution < 1.29 is 0 Å². The number of benzene rings is 1. The summed E-state index contributed by atoms with van der Waals surface area (Å²) in [7, 11) is 4.08. The predicted molar refractivity (Wildman–Crippen MR) is 61.6 cm³/mol. The van der Waals surface area contributed by atoms with Crippen molar-refractivity contribution in [1.29, 1.82) is 0 Å². The minimum Gasteiger partial charge on any atom is -0.324 e. The Labute approximate surface area is 90.7 Å². The minimum atomic E-state index is 0.0334. The number of hydrogen-bond acceptors (Lipinski definition) is 2. The molecule has 1 unspecified atom stereocenters. The zero-order valence-electron chi connectivity index (χ0n) is 8.70. The lowest BCUT2D eigenvalue weighted by Gasteiger charge is -2.16. The minimum absolute atomic E-state index is 0.0334. The topological polar surface area (TPSA) is 29.3 Å². The molecular formula is C11H17ClN2. The molecular weight excluding hydrogens is 196 g/mol. The summed E-state index contributed by atoms with van der Waals surface area (Å²) in [5, 5.41) is 0.763. The average molecular weight is 213 g/mol. The monoisotopic (exact) mass is 212 g/mol. The third-order valence-electron chi connectivity index (χ3n) is 2.19. The van der Waals surface area contributed by atoms with Crippen molar-refractivity contribution in [2.75, 3.05) is 20.6 Å². The zero-order valence-corrected chi connectivity index (χ0v) is 9.46. The number of hydrogen-bond donors (Lipinski definition) is 1. The van der Waals surface area contributed by atoms with Gasteiger partial charge in [0.15, 0.2) is 0 Å². The highest BCUT2D eigenvalue weighted by Crippen LogP contribution is 2.22. The van der Waals surface area contributed by atoms with Gasteiger partial charge in [0.2, 0.25) is 0 Å². The Morgan fingerprint density at radius 1 is 1.36 bits per heavy atom. The van der Waals surface area contributed by atoms with E-state index in [1.807, 2.05) is 38.4 Å². The van der Waals surface area contributed by atoms with Crippen LogP contribution >= 0.6 is 11.6 Å². The molecule has 2 N–H and O–H groups in total. The maximum Gasteiger partial charge on any atom is 0.0453 e. The van der Waals surface area contributed by atoms with Gasteiger partial charge < -0.3 is 10.6 Å². The molecule has 0 saturated heterocycles. The molecule has 1 aromatic rings. The molecule has 78 valence electrons. The Hall–Kier alpha value is -0.570. The molecule has 1 aromatic carbocycles. The Bertz CT molecular complexity index is 286. The first-order valence-corrected chi connectivity index (χ1v) is 5.14. The summed E-state index contributed by atoms with van der Waals surface area (Å²) in [6.45, 7) is 0.979. The Kier molecular flexibility index (Phi) is 4.39. The smallest absolute Gasteiger partial charge is 0.0453 e. The Morgan fingerprint density at radius 3 is 2.57 bits per heavy atom. The third-order valence-corrected chi connectivity index (χ3v) is 2.54. The van der Waals surface area contributed by atoms with Gasteiger partial charge in [0.25, 0.3) is 0 Å². The first-order chi connectivity index (χ1) is 6.61. The summed E-state index contributed by atoms with van der Waals surface area (Å²) in [6.07, 6.45) is 0.927. The van der Waals surface area contributed by atoms with E-state index in [9.17, 15) is 0 Å². The van der Waals surface area contributed by atoms with Crippen LogP contribution in [0.2, 0.25) is 5.02 Å². The highest BCUT2D eigenvalue weighted by molar-refractivity contribution is 6.31. The number of rotatable bonds is 4. The van der Waals surface area contributed by atoms with Gasteiger partial charge in [-0.2, -0.15) is 0 Å². The van der Waals surface area contributed by atoms with Crippen LogP contribution in [0.4, 0.5) is 0 Å². The van der Waals surface area contributed by atoms with Gasteiger partial charge >= 0.3 is 0 Å². The molecule has 3 heteroatoms. The second kappa shape index (κ2) is 5.35. The van der Waals surface area contributed by atoms with E-state index in [2.05, 4.69) is 4.90 Å². The van der Waals surface area contributed by atoms with Crippen molar-refractivity contribution >= 4 is 11.6 Å². The second-order valence-corrected chi connectivity index (χ2v) is 4.13. The molecule has 0 aromatic heterocycles. The molecule has 0 aliphatic carbocycles. The fourth-order valence-electron chi connectivity index (χ4n) is 1.33. The molecule has 0 aliphatic rings. The maximum atomic E-state index is 6.04. The summed E-state index contributed by atoms with van der Waals surface area (Å²) < 4.78 is 0. The molecule has 0 spiro atoms. The van der Waals surface area contributed by atoms with E-state index in [1.165, 1.54) is 0 Å². The van der Waals surface area contributed by atoms with Gasteiger partial charge in [-0.3, -0.25) is 0 Å². The molecule has 0 radical (unpaired) electrons. The summed E-state index contributed by atoms with van der Waals surface area (Å²) in [6, 6.07) is 7.79. The SMILES string of the molecule is CN(C)CCC(N)c1ccccc1Cl. The van der Waals surface area contributed by atoms with Crippen LogP contribution in [-0.2, 0) is 0 Å². The Balaban J connectivity index is 2.60. The van der Waals surface area contributed by atoms with Crippen molar-refractivity contribution in [2.45, 2.75) is 12.5 Å². The van der Waals surface area contributed by atoms with Crippen molar-refractivity contribution in [3.8, 4) is 0 Å². The molecule has 1 rings (SSSR count). The molecule has 1 atom stereocenters. The molecule has 0 amide bonds. The van der Waals surface area contributed by atoms with Crippen LogP contribution in [0.5, 0.6) is 0 Å². The van der Waals surface area contributed by atoms with E-state index >= 15 is 0 Å². The van der Waals surface area contributed by atoms with Crippen LogP contribution in [-0.4, -0.2) is 25.5 Å². The maximum absolute atomic E-state index is 6.04. The van der Waals surface area contributed by atoms with E-state index in [4.69, 9.17) is 17.3 Å². The van der Waals surface area contributed by atoms with Crippen LogP contribution in [0.15, 0.2) is 24.3 Å². The van der Waals surface area contributed by atoms with E-state index in [1.54, 1.807) is 0 Å². The van der Waals surface area contributed by atoms with Gasteiger partial charge in [0, 0.05) is 11.1 Å². The summed E-state index contributed by atoms with van der Waals surface area (Å²) >= 11 is 6.04. The highest BCUT2D eigenvalue weighted by atomic mass is 35.5. The summed E-state index contributed by atoms with van der Waals surface area (Å²) in [5.74, 6) is 0. The van der Waals surface area contributed by atoms with Crippen LogP contribution in [0.25, 0.3) is 0 Å². The predicted octanol–water partition coefficient (Wildman–Crippen LogP) is 2.29.